The van der Waals surface area contributed by atoms with Crippen molar-refractivity contribution >= 4 is 15.8 Å². The third-order valence-electron chi connectivity index (χ3n) is 2.98. The zero-order valence-corrected chi connectivity index (χ0v) is 11.9. The molecule has 0 aliphatic rings. The van der Waals surface area contributed by atoms with Crippen molar-refractivity contribution in [3.05, 3.63) is 73.2 Å². The quantitative estimate of drug-likeness (QED) is 0.805. The summed E-state index contributed by atoms with van der Waals surface area (Å²) < 4.78 is 29.0. The fourth-order valence-corrected chi connectivity index (χ4v) is 3.07. The Labute approximate surface area is 122 Å². The highest BCUT2D eigenvalue weighted by molar-refractivity contribution is 7.92. The predicted octanol–water partition coefficient (Wildman–Crippen LogP) is 2.67. The highest BCUT2D eigenvalue weighted by Crippen LogP contribution is 2.20. The van der Waals surface area contributed by atoms with E-state index in [0.717, 1.165) is 5.69 Å². The first-order valence-electron chi connectivity index (χ1n) is 6.32. The number of rotatable bonds is 4. The lowest BCUT2D eigenvalue weighted by molar-refractivity contribution is 0.601. The largest absolute Gasteiger partial charge is 0.303 e. The van der Waals surface area contributed by atoms with Crippen LogP contribution in [0.4, 0.5) is 5.82 Å². The van der Waals surface area contributed by atoms with Gasteiger partial charge in [-0.15, -0.1) is 0 Å². The van der Waals surface area contributed by atoms with Crippen molar-refractivity contribution in [2.45, 2.75) is 4.90 Å². The fourth-order valence-electron chi connectivity index (χ4n) is 1.99. The van der Waals surface area contributed by atoms with Gasteiger partial charge in [-0.3, -0.25) is 9.71 Å². The third-order valence-corrected chi connectivity index (χ3v) is 4.35. The van der Waals surface area contributed by atoms with E-state index in [1.165, 1.54) is 0 Å². The first kappa shape index (κ1) is 13.4. The minimum absolute atomic E-state index is 0.229. The Balaban J connectivity index is 1.96. The molecule has 0 unspecified atom stereocenters. The van der Waals surface area contributed by atoms with Gasteiger partial charge in [0.25, 0.3) is 10.0 Å². The van der Waals surface area contributed by atoms with Crippen LogP contribution in [0.1, 0.15) is 0 Å². The number of hydrogen-bond donors (Lipinski definition) is 1. The molecule has 3 rings (SSSR count). The summed E-state index contributed by atoms with van der Waals surface area (Å²) in [5.74, 6) is 0.477. The van der Waals surface area contributed by atoms with Gasteiger partial charge in [-0.1, -0.05) is 18.2 Å². The normalized spacial score (nSPS) is 11.2. The Bertz CT molecular complexity index is 828. The average Bonchev–Trinajstić information content (AvgIpc) is 2.96. The highest BCUT2D eigenvalue weighted by Gasteiger charge is 2.15. The molecule has 6 heteroatoms. The van der Waals surface area contributed by atoms with Crippen molar-refractivity contribution in [2.75, 3.05) is 4.72 Å². The second-order valence-electron chi connectivity index (χ2n) is 4.39. The second kappa shape index (κ2) is 5.41. The van der Waals surface area contributed by atoms with Gasteiger partial charge in [0.05, 0.1) is 4.90 Å². The van der Waals surface area contributed by atoms with E-state index in [1.807, 2.05) is 0 Å². The van der Waals surface area contributed by atoms with Crippen LogP contribution in [0.3, 0.4) is 0 Å². The van der Waals surface area contributed by atoms with Gasteiger partial charge in [0, 0.05) is 24.3 Å². The van der Waals surface area contributed by atoms with Crippen LogP contribution in [0.15, 0.2) is 78.1 Å². The van der Waals surface area contributed by atoms with Crippen LogP contribution < -0.4 is 4.72 Å². The number of hydrogen-bond acceptors (Lipinski definition) is 3. The molecule has 106 valence electrons. The van der Waals surface area contributed by atoms with Gasteiger partial charge in [0.15, 0.2) is 0 Å². The first-order chi connectivity index (χ1) is 10.2. The molecule has 0 aliphatic heterocycles. The molecule has 0 saturated heterocycles. The molecule has 0 fully saturated rings. The van der Waals surface area contributed by atoms with Crippen LogP contribution in [0.2, 0.25) is 0 Å². The van der Waals surface area contributed by atoms with Gasteiger partial charge in [-0.2, -0.15) is 0 Å². The molecule has 3 aromatic rings. The molecule has 2 heterocycles. The maximum absolute atomic E-state index is 12.3. The van der Waals surface area contributed by atoms with Crippen LogP contribution in [0.5, 0.6) is 0 Å². The topological polar surface area (TPSA) is 64.0 Å². The van der Waals surface area contributed by atoms with Crippen molar-refractivity contribution in [1.29, 1.82) is 0 Å². The molecule has 0 bridgehead atoms. The van der Waals surface area contributed by atoms with Crippen molar-refractivity contribution in [1.82, 2.24) is 9.55 Å². The van der Waals surface area contributed by atoms with Crippen molar-refractivity contribution in [3.63, 3.8) is 0 Å². The van der Waals surface area contributed by atoms with E-state index in [1.54, 1.807) is 77.8 Å². The summed E-state index contributed by atoms with van der Waals surface area (Å²) in [6.07, 6.45) is 5.10. The summed E-state index contributed by atoms with van der Waals surface area (Å²) in [5.41, 5.74) is 0.834. The number of pyridine rings is 1. The van der Waals surface area contributed by atoms with E-state index in [9.17, 15) is 8.42 Å². The molecule has 5 nitrogen and oxygen atoms in total. The Morgan fingerprint density at radius 3 is 2.33 bits per heavy atom. The zero-order chi connectivity index (χ0) is 14.7. The van der Waals surface area contributed by atoms with Crippen molar-refractivity contribution < 1.29 is 8.42 Å². The molecule has 1 aromatic carbocycles. The van der Waals surface area contributed by atoms with E-state index in [-0.39, 0.29) is 4.90 Å². The van der Waals surface area contributed by atoms with E-state index < -0.39 is 10.0 Å². The van der Waals surface area contributed by atoms with Crippen molar-refractivity contribution in [2.24, 2.45) is 0 Å². The van der Waals surface area contributed by atoms with E-state index >= 15 is 0 Å². The highest BCUT2D eigenvalue weighted by atomic mass is 32.2. The summed E-state index contributed by atoms with van der Waals surface area (Å²) >= 11 is 0. The molecule has 0 amide bonds. The molecule has 21 heavy (non-hydrogen) atoms. The standard InChI is InChI=1S/C15H13N3O2S/c19-21(20,14-5-2-1-3-6-14)17-15-7-4-12-18(15)13-8-10-16-11-9-13/h1-12,17H. The van der Waals surface area contributed by atoms with Crippen molar-refractivity contribution in [3.8, 4) is 5.69 Å². The van der Waals surface area contributed by atoms with Crippen LogP contribution >= 0.6 is 0 Å². The van der Waals surface area contributed by atoms with E-state index in [2.05, 4.69) is 9.71 Å². The van der Waals surface area contributed by atoms with Crippen LogP contribution in [-0.2, 0) is 10.0 Å². The first-order valence-corrected chi connectivity index (χ1v) is 7.81. The molecule has 0 radical (unpaired) electrons. The Morgan fingerprint density at radius 2 is 1.62 bits per heavy atom. The molecule has 0 aliphatic carbocycles. The van der Waals surface area contributed by atoms with Gasteiger partial charge >= 0.3 is 0 Å². The van der Waals surface area contributed by atoms with Crippen LogP contribution in [-0.4, -0.2) is 18.0 Å². The molecule has 1 N–H and O–H groups in total. The minimum atomic E-state index is -3.60. The smallest absolute Gasteiger partial charge is 0.263 e. The van der Waals surface area contributed by atoms with Gasteiger partial charge in [0.2, 0.25) is 0 Å². The SMILES string of the molecule is O=S(=O)(Nc1cccn1-c1ccncc1)c1ccccc1. The van der Waals surface area contributed by atoms with E-state index in [4.69, 9.17) is 0 Å². The summed E-state index contributed by atoms with van der Waals surface area (Å²) in [4.78, 5) is 4.18. The van der Waals surface area contributed by atoms with Crippen LogP contribution in [0.25, 0.3) is 5.69 Å². The van der Waals surface area contributed by atoms with Gasteiger partial charge in [0.1, 0.15) is 5.82 Å². The average molecular weight is 299 g/mol. The molecule has 0 saturated carbocycles. The summed E-state index contributed by atoms with van der Waals surface area (Å²) in [7, 11) is -3.60. The Kier molecular flexibility index (Phi) is 3.45. The number of anilines is 1. The lowest BCUT2D eigenvalue weighted by Gasteiger charge is -2.11. The fraction of sp³-hybridized carbons (Fsp3) is 0. The number of benzene rings is 1. The summed E-state index contributed by atoms with van der Waals surface area (Å²) in [5, 5.41) is 0. The number of nitrogens with zero attached hydrogens (tertiary/aromatic N) is 2. The van der Waals surface area contributed by atoms with Gasteiger partial charge in [-0.05, 0) is 36.4 Å². The Morgan fingerprint density at radius 1 is 0.905 bits per heavy atom. The monoisotopic (exact) mass is 299 g/mol. The predicted molar refractivity (Wildman–Crippen MR) is 80.8 cm³/mol. The molecule has 0 atom stereocenters. The number of nitrogens with one attached hydrogen (secondary N) is 1. The number of aromatic nitrogens is 2. The van der Waals surface area contributed by atoms with Gasteiger partial charge < -0.3 is 4.57 Å². The summed E-state index contributed by atoms with van der Waals surface area (Å²) in [6.45, 7) is 0. The minimum Gasteiger partial charge on any atom is -0.303 e. The Hall–Kier alpha value is -2.60. The van der Waals surface area contributed by atoms with E-state index in [0.29, 0.717) is 5.82 Å². The zero-order valence-electron chi connectivity index (χ0n) is 11.0. The molecule has 0 spiro atoms. The summed E-state index contributed by atoms with van der Waals surface area (Å²) in [6, 6.07) is 15.4. The van der Waals surface area contributed by atoms with Crippen LogP contribution in [0, 0.1) is 0 Å². The molecular formula is C15H13N3O2S. The maximum atomic E-state index is 12.3. The molecule has 2 aromatic heterocycles. The lowest BCUT2D eigenvalue weighted by Crippen LogP contribution is -2.15. The third kappa shape index (κ3) is 2.80. The molecular weight excluding hydrogens is 286 g/mol. The maximum Gasteiger partial charge on any atom is 0.263 e. The van der Waals surface area contributed by atoms with Gasteiger partial charge in [-0.25, -0.2) is 8.42 Å². The lowest BCUT2D eigenvalue weighted by atomic mass is 10.4. The second-order valence-corrected chi connectivity index (χ2v) is 6.07. The number of sulfonamides is 1.